The lowest BCUT2D eigenvalue weighted by molar-refractivity contribution is -0.138. The fraction of sp³-hybridized carbons (Fsp3) is 0.0909. The van der Waals surface area contributed by atoms with Gasteiger partial charge in [-0.1, -0.05) is 6.07 Å². The zero-order valence-corrected chi connectivity index (χ0v) is 9.48. The molecular weight excluding hydrogens is 244 g/mol. The van der Waals surface area contributed by atoms with Crippen LogP contribution in [0.5, 0.6) is 0 Å². The largest absolute Gasteiger partial charge is 0.367 e. The highest BCUT2D eigenvalue weighted by molar-refractivity contribution is 5.93. The summed E-state index contributed by atoms with van der Waals surface area (Å²) in [5.41, 5.74) is 9.52. The molecule has 0 atom stereocenters. The molecule has 4 N–H and O–H groups in total. The second-order valence-electron chi connectivity index (χ2n) is 3.36. The zero-order valence-electron chi connectivity index (χ0n) is 9.48. The topological polar surface area (TPSA) is 90.7 Å². The van der Waals surface area contributed by atoms with Crippen molar-refractivity contribution in [3.8, 4) is 0 Å². The summed E-state index contributed by atoms with van der Waals surface area (Å²) in [4.78, 5) is 15.6. The van der Waals surface area contributed by atoms with Gasteiger partial charge in [0.15, 0.2) is 0 Å². The summed E-state index contributed by atoms with van der Waals surface area (Å²) < 4.78 is 26.6. The molecule has 0 unspecified atom stereocenters. The van der Waals surface area contributed by atoms with Crippen LogP contribution in [0.1, 0.15) is 12.5 Å². The van der Waals surface area contributed by atoms with Crippen molar-refractivity contribution < 1.29 is 18.4 Å². The third-order valence-corrected chi connectivity index (χ3v) is 1.92. The van der Waals surface area contributed by atoms with E-state index in [1.165, 1.54) is 13.0 Å². The van der Waals surface area contributed by atoms with Gasteiger partial charge in [-0.3, -0.25) is 0 Å². The average molecular weight is 255 g/mol. The molecule has 0 bridgehead atoms. The van der Waals surface area contributed by atoms with E-state index in [4.69, 9.17) is 11.5 Å². The summed E-state index contributed by atoms with van der Waals surface area (Å²) in [6, 6.07) is 3.36. The Bertz CT molecular complexity index is 503. The summed E-state index contributed by atoms with van der Waals surface area (Å²) in [7, 11) is 0. The molecule has 0 aliphatic rings. The number of benzene rings is 1. The summed E-state index contributed by atoms with van der Waals surface area (Å²) >= 11 is 0. The van der Waals surface area contributed by atoms with E-state index in [2.05, 4.69) is 9.99 Å². The van der Waals surface area contributed by atoms with Gasteiger partial charge in [-0.25, -0.2) is 13.6 Å². The number of nitrogens with zero attached hydrogens (tertiary/aromatic N) is 1. The highest BCUT2D eigenvalue weighted by atomic mass is 19.1. The lowest BCUT2D eigenvalue weighted by Gasteiger charge is -2.01. The van der Waals surface area contributed by atoms with E-state index in [-0.39, 0.29) is 11.1 Å². The molecule has 0 amide bonds. The normalized spacial score (nSPS) is 10.9. The number of carbonyl (C=O) groups is 1. The van der Waals surface area contributed by atoms with Crippen LogP contribution in [0.3, 0.4) is 0 Å². The van der Waals surface area contributed by atoms with Gasteiger partial charge in [-0.05, 0) is 30.3 Å². The SMILES string of the molecule is C/C(=C\c1c(F)cccc1F)C(=O)ON=C(N)N. The zero-order chi connectivity index (χ0) is 13.7. The molecular formula is C11H11F2N3O2. The summed E-state index contributed by atoms with van der Waals surface area (Å²) in [5, 5.41) is 3.03. The van der Waals surface area contributed by atoms with Crippen molar-refractivity contribution in [3.63, 3.8) is 0 Å². The predicted molar refractivity (Wildman–Crippen MR) is 61.9 cm³/mol. The molecule has 0 aliphatic carbocycles. The van der Waals surface area contributed by atoms with Gasteiger partial charge in [0.1, 0.15) is 11.6 Å². The summed E-state index contributed by atoms with van der Waals surface area (Å²) in [6.07, 6.45) is 1.01. The number of guanidine groups is 1. The Kier molecular flexibility index (Phi) is 4.36. The van der Waals surface area contributed by atoms with Crippen molar-refractivity contribution in [1.29, 1.82) is 0 Å². The minimum absolute atomic E-state index is 0.0519. The number of halogens is 2. The molecule has 1 rings (SSSR count). The maximum absolute atomic E-state index is 13.3. The first-order valence-corrected chi connectivity index (χ1v) is 4.84. The standard InChI is InChI=1S/C11H11F2N3O2/c1-6(10(17)18-16-11(14)15)5-7-8(12)3-2-4-9(7)13/h2-5H,1H3,(H4,14,15,16)/b6-5+. The van der Waals surface area contributed by atoms with Crippen LogP contribution in [-0.2, 0) is 9.63 Å². The van der Waals surface area contributed by atoms with Crippen LogP contribution in [0.2, 0.25) is 0 Å². The molecule has 0 heterocycles. The van der Waals surface area contributed by atoms with Gasteiger partial charge < -0.3 is 16.3 Å². The van der Waals surface area contributed by atoms with E-state index in [1.54, 1.807) is 0 Å². The Morgan fingerprint density at radius 2 is 1.89 bits per heavy atom. The van der Waals surface area contributed by atoms with Gasteiger partial charge in [-0.2, -0.15) is 0 Å². The molecule has 1 aromatic carbocycles. The predicted octanol–water partition coefficient (Wildman–Crippen LogP) is 1.10. The van der Waals surface area contributed by atoms with E-state index in [9.17, 15) is 13.6 Å². The number of hydrogen-bond acceptors (Lipinski definition) is 3. The number of hydrogen-bond donors (Lipinski definition) is 2. The van der Waals surface area contributed by atoms with E-state index < -0.39 is 23.6 Å². The molecule has 0 radical (unpaired) electrons. The summed E-state index contributed by atoms with van der Waals surface area (Å²) in [5.74, 6) is -2.92. The van der Waals surface area contributed by atoms with Gasteiger partial charge in [0.05, 0.1) is 0 Å². The number of rotatable bonds is 3. The first kappa shape index (κ1) is 13.6. The Labute approximate surface area is 102 Å². The highest BCUT2D eigenvalue weighted by Gasteiger charge is 2.10. The first-order chi connectivity index (χ1) is 8.41. The van der Waals surface area contributed by atoms with E-state index in [0.29, 0.717) is 0 Å². The molecule has 1 aromatic rings. The molecule has 0 spiro atoms. The van der Waals surface area contributed by atoms with Crippen molar-refractivity contribution in [2.75, 3.05) is 0 Å². The number of oxime groups is 1. The monoisotopic (exact) mass is 255 g/mol. The third kappa shape index (κ3) is 3.55. The first-order valence-electron chi connectivity index (χ1n) is 4.84. The van der Waals surface area contributed by atoms with Gasteiger partial charge >= 0.3 is 5.97 Å². The smallest absolute Gasteiger partial charge is 0.361 e. The molecule has 7 heteroatoms. The second kappa shape index (κ2) is 5.76. The Morgan fingerprint density at radius 1 is 1.33 bits per heavy atom. The highest BCUT2D eigenvalue weighted by Crippen LogP contribution is 2.16. The van der Waals surface area contributed by atoms with Crippen molar-refractivity contribution in [3.05, 3.63) is 41.0 Å². The van der Waals surface area contributed by atoms with Crippen molar-refractivity contribution >= 4 is 18.0 Å². The lowest BCUT2D eigenvalue weighted by Crippen LogP contribution is -2.23. The third-order valence-electron chi connectivity index (χ3n) is 1.92. The van der Waals surface area contributed by atoms with Gasteiger partial charge in [-0.15, -0.1) is 0 Å². The van der Waals surface area contributed by atoms with Crippen LogP contribution in [-0.4, -0.2) is 11.9 Å². The molecule has 0 saturated carbocycles. The van der Waals surface area contributed by atoms with Crippen LogP contribution in [0.25, 0.3) is 6.08 Å². The fourth-order valence-electron chi connectivity index (χ4n) is 1.09. The van der Waals surface area contributed by atoms with Crippen LogP contribution in [0, 0.1) is 11.6 Å². The van der Waals surface area contributed by atoms with Gasteiger partial charge in [0.25, 0.3) is 0 Å². The molecule has 0 saturated heterocycles. The molecule has 18 heavy (non-hydrogen) atoms. The lowest BCUT2D eigenvalue weighted by atomic mass is 10.1. The van der Waals surface area contributed by atoms with E-state index in [1.807, 2.05) is 0 Å². The molecule has 0 fully saturated rings. The Balaban J connectivity index is 2.96. The quantitative estimate of drug-likeness (QED) is 0.278. The van der Waals surface area contributed by atoms with Gasteiger partial charge in [0, 0.05) is 11.1 Å². The van der Waals surface area contributed by atoms with E-state index >= 15 is 0 Å². The maximum atomic E-state index is 13.3. The van der Waals surface area contributed by atoms with Crippen molar-refractivity contribution in [2.24, 2.45) is 16.6 Å². The van der Waals surface area contributed by atoms with Crippen molar-refractivity contribution in [2.45, 2.75) is 6.92 Å². The number of nitrogens with two attached hydrogens (primary N) is 2. The van der Waals surface area contributed by atoms with Crippen LogP contribution >= 0.6 is 0 Å². The summed E-state index contributed by atoms with van der Waals surface area (Å²) in [6.45, 7) is 1.32. The molecule has 0 aliphatic heterocycles. The Hall–Kier alpha value is -2.44. The maximum Gasteiger partial charge on any atom is 0.361 e. The number of carbonyl (C=O) groups excluding carboxylic acids is 1. The van der Waals surface area contributed by atoms with Crippen LogP contribution < -0.4 is 11.5 Å². The molecule has 96 valence electrons. The Morgan fingerprint density at radius 3 is 2.39 bits per heavy atom. The van der Waals surface area contributed by atoms with E-state index in [0.717, 1.165) is 18.2 Å². The van der Waals surface area contributed by atoms with Crippen molar-refractivity contribution in [1.82, 2.24) is 0 Å². The second-order valence-corrected chi connectivity index (χ2v) is 3.36. The van der Waals surface area contributed by atoms with Gasteiger partial charge in [0.2, 0.25) is 5.96 Å². The van der Waals surface area contributed by atoms with Crippen LogP contribution in [0.15, 0.2) is 28.9 Å². The fourth-order valence-corrected chi connectivity index (χ4v) is 1.09. The van der Waals surface area contributed by atoms with Crippen LogP contribution in [0.4, 0.5) is 8.78 Å². The molecule has 0 aromatic heterocycles. The minimum atomic E-state index is -0.911. The average Bonchev–Trinajstić information content (AvgIpc) is 2.30. The molecule has 5 nitrogen and oxygen atoms in total. The minimum Gasteiger partial charge on any atom is -0.367 e.